The maximum atomic E-state index is 12.0. The first-order valence-corrected chi connectivity index (χ1v) is 8.60. The van der Waals surface area contributed by atoms with E-state index in [-0.39, 0.29) is 18.0 Å². The molecule has 3 N–H and O–H groups in total. The van der Waals surface area contributed by atoms with Crippen LogP contribution in [-0.4, -0.2) is 25.7 Å². The molecule has 2 rings (SSSR count). The minimum absolute atomic E-state index is 0.000935. The topological polar surface area (TPSA) is 79.5 Å². The summed E-state index contributed by atoms with van der Waals surface area (Å²) in [5.74, 6) is -0.000935. The molecule has 0 unspecified atom stereocenters. The van der Waals surface area contributed by atoms with Crippen molar-refractivity contribution < 1.29 is 14.3 Å². The molecule has 0 aromatic heterocycles. The third-order valence-corrected chi connectivity index (χ3v) is 3.83. The van der Waals surface area contributed by atoms with Crippen LogP contribution in [0.4, 0.5) is 16.2 Å². The van der Waals surface area contributed by atoms with Gasteiger partial charge in [-0.05, 0) is 43.2 Å². The van der Waals surface area contributed by atoms with E-state index in [1.165, 1.54) is 0 Å². The van der Waals surface area contributed by atoms with Crippen LogP contribution in [0.15, 0.2) is 54.6 Å². The van der Waals surface area contributed by atoms with Gasteiger partial charge in [0.05, 0.1) is 6.04 Å². The van der Waals surface area contributed by atoms with Crippen molar-refractivity contribution >= 4 is 23.3 Å². The van der Waals surface area contributed by atoms with E-state index < -0.39 is 0 Å². The van der Waals surface area contributed by atoms with E-state index in [2.05, 4.69) is 16.0 Å². The summed E-state index contributed by atoms with van der Waals surface area (Å²) in [6.07, 6.45) is 1.14. The highest BCUT2D eigenvalue weighted by Crippen LogP contribution is 2.17. The predicted molar refractivity (Wildman–Crippen MR) is 103 cm³/mol. The van der Waals surface area contributed by atoms with Gasteiger partial charge in [0.1, 0.15) is 0 Å². The molecular weight excluding hydrogens is 330 g/mol. The molecule has 6 nitrogen and oxygen atoms in total. The van der Waals surface area contributed by atoms with Gasteiger partial charge in [-0.1, -0.05) is 30.3 Å². The Labute approximate surface area is 153 Å². The second kappa shape index (κ2) is 10.2. The number of methoxy groups -OCH3 is 1. The number of carbonyl (C=O) groups excluding carboxylic acids is 2. The average molecular weight is 355 g/mol. The van der Waals surface area contributed by atoms with E-state index in [4.69, 9.17) is 4.74 Å². The molecule has 26 heavy (non-hydrogen) atoms. The molecule has 2 aromatic carbocycles. The van der Waals surface area contributed by atoms with E-state index in [1.54, 1.807) is 7.11 Å². The van der Waals surface area contributed by atoms with Gasteiger partial charge in [-0.2, -0.15) is 0 Å². The zero-order valence-corrected chi connectivity index (χ0v) is 15.1. The maximum Gasteiger partial charge on any atom is 0.323 e. The fourth-order valence-electron chi connectivity index (χ4n) is 2.44. The maximum absolute atomic E-state index is 12.0. The summed E-state index contributed by atoms with van der Waals surface area (Å²) in [5, 5.41) is 8.50. The molecule has 138 valence electrons. The first-order valence-electron chi connectivity index (χ1n) is 8.60. The Morgan fingerprint density at radius 1 is 0.962 bits per heavy atom. The van der Waals surface area contributed by atoms with Crippen LogP contribution >= 0.6 is 0 Å². The van der Waals surface area contributed by atoms with Gasteiger partial charge in [0.15, 0.2) is 0 Å². The molecule has 0 aliphatic carbocycles. The van der Waals surface area contributed by atoms with Crippen molar-refractivity contribution in [2.45, 2.75) is 25.8 Å². The van der Waals surface area contributed by atoms with Crippen LogP contribution < -0.4 is 16.0 Å². The smallest absolute Gasteiger partial charge is 0.323 e. The zero-order chi connectivity index (χ0) is 18.8. The Morgan fingerprint density at radius 3 is 2.19 bits per heavy atom. The number of rotatable bonds is 8. The lowest BCUT2D eigenvalue weighted by Crippen LogP contribution is -2.26. The molecule has 0 spiro atoms. The number of carbonyl (C=O) groups is 2. The number of hydrogen-bond donors (Lipinski definition) is 3. The fourth-order valence-corrected chi connectivity index (χ4v) is 2.44. The summed E-state index contributed by atoms with van der Waals surface area (Å²) in [4.78, 5) is 23.8. The van der Waals surface area contributed by atoms with Gasteiger partial charge in [0.25, 0.3) is 0 Å². The normalized spacial score (nSPS) is 11.5. The summed E-state index contributed by atoms with van der Waals surface area (Å²) >= 11 is 0. The van der Waals surface area contributed by atoms with Crippen LogP contribution in [0.3, 0.4) is 0 Å². The van der Waals surface area contributed by atoms with Crippen molar-refractivity contribution in [3.63, 3.8) is 0 Å². The van der Waals surface area contributed by atoms with E-state index in [0.29, 0.717) is 25.1 Å². The molecule has 0 bridgehead atoms. The van der Waals surface area contributed by atoms with Crippen LogP contribution in [-0.2, 0) is 9.53 Å². The number of para-hydroxylation sites is 1. The average Bonchev–Trinajstić information content (AvgIpc) is 2.63. The fraction of sp³-hybridized carbons (Fsp3) is 0.300. The van der Waals surface area contributed by atoms with Crippen LogP contribution in [0.5, 0.6) is 0 Å². The lowest BCUT2D eigenvalue weighted by molar-refractivity contribution is -0.122. The Balaban J connectivity index is 1.83. The Hall–Kier alpha value is -2.86. The monoisotopic (exact) mass is 355 g/mol. The van der Waals surface area contributed by atoms with E-state index >= 15 is 0 Å². The predicted octanol–water partition coefficient (Wildman–Crippen LogP) is 3.93. The molecule has 0 heterocycles. The third kappa shape index (κ3) is 6.57. The molecule has 0 aliphatic heterocycles. The molecule has 3 amide bonds. The number of nitrogens with one attached hydrogen (secondary N) is 3. The number of hydrogen-bond acceptors (Lipinski definition) is 3. The van der Waals surface area contributed by atoms with Gasteiger partial charge in [-0.3, -0.25) is 4.79 Å². The summed E-state index contributed by atoms with van der Waals surface area (Å²) in [5.41, 5.74) is 2.38. The highest BCUT2D eigenvalue weighted by atomic mass is 16.5. The van der Waals surface area contributed by atoms with Crippen LogP contribution in [0, 0.1) is 0 Å². The van der Waals surface area contributed by atoms with Gasteiger partial charge >= 0.3 is 6.03 Å². The highest BCUT2D eigenvalue weighted by Gasteiger charge is 2.10. The molecule has 0 fully saturated rings. The van der Waals surface area contributed by atoms with Crippen molar-refractivity contribution in [2.24, 2.45) is 0 Å². The Bertz CT molecular complexity index is 702. The number of benzene rings is 2. The highest BCUT2D eigenvalue weighted by molar-refractivity contribution is 5.99. The molecule has 0 aliphatic rings. The van der Waals surface area contributed by atoms with E-state index in [1.807, 2.05) is 61.5 Å². The lowest BCUT2D eigenvalue weighted by atomic mass is 10.1. The van der Waals surface area contributed by atoms with Crippen LogP contribution in [0.2, 0.25) is 0 Å². The molecule has 2 aromatic rings. The molecule has 0 saturated carbocycles. The lowest BCUT2D eigenvalue weighted by Gasteiger charge is -2.15. The second-order valence-electron chi connectivity index (χ2n) is 5.95. The number of urea groups is 1. The van der Waals surface area contributed by atoms with Crippen molar-refractivity contribution in [3.05, 3.63) is 60.2 Å². The van der Waals surface area contributed by atoms with Crippen molar-refractivity contribution in [3.8, 4) is 0 Å². The molecule has 0 saturated heterocycles. The first kappa shape index (κ1) is 19.5. The van der Waals surface area contributed by atoms with Gasteiger partial charge < -0.3 is 20.7 Å². The van der Waals surface area contributed by atoms with Gasteiger partial charge in [-0.15, -0.1) is 0 Å². The largest absolute Gasteiger partial charge is 0.385 e. The summed E-state index contributed by atoms with van der Waals surface area (Å²) in [6.45, 7) is 2.51. The van der Waals surface area contributed by atoms with E-state index in [9.17, 15) is 9.59 Å². The number of anilines is 2. The minimum Gasteiger partial charge on any atom is -0.385 e. The molecular formula is C20H25N3O3. The standard InChI is InChI=1S/C20H25N3O3/c1-15(21-19(24)9-6-14-26-2)16-10-12-18(13-11-16)23-20(25)22-17-7-4-3-5-8-17/h3-5,7-8,10-13,15H,6,9,14H2,1-2H3,(H,21,24)(H2,22,23,25)/t15-/m1/s1. The first-order chi connectivity index (χ1) is 12.6. The Kier molecular flexibility index (Phi) is 7.64. The van der Waals surface area contributed by atoms with Crippen molar-refractivity contribution in [2.75, 3.05) is 24.4 Å². The van der Waals surface area contributed by atoms with E-state index in [0.717, 1.165) is 11.3 Å². The van der Waals surface area contributed by atoms with Crippen molar-refractivity contribution in [1.82, 2.24) is 5.32 Å². The van der Waals surface area contributed by atoms with Crippen LogP contribution in [0.1, 0.15) is 31.4 Å². The molecule has 0 radical (unpaired) electrons. The number of amides is 3. The van der Waals surface area contributed by atoms with Crippen molar-refractivity contribution in [1.29, 1.82) is 0 Å². The quantitative estimate of drug-likeness (QED) is 0.628. The minimum atomic E-state index is -0.302. The van der Waals surface area contributed by atoms with Crippen LogP contribution in [0.25, 0.3) is 0 Å². The zero-order valence-electron chi connectivity index (χ0n) is 15.1. The SMILES string of the molecule is COCCCC(=O)N[C@H](C)c1ccc(NC(=O)Nc2ccccc2)cc1. The van der Waals surface area contributed by atoms with Gasteiger partial charge in [-0.25, -0.2) is 4.79 Å². The molecule has 1 atom stereocenters. The summed E-state index contributed by atoms with van der Waals surface area (Å²) in [6, 6.07) is 16.2. The van der Waals surface area contributed by atoms with Gasteiger partial charge in [0, 0.05) is 31.5 Å². The van der Waals surface area contributed by atoms with Gasteiger partial charge in [0.2, 0.25) is 5.91 Å². The molecule has 6 heteroatoms. The summed E-state index contributed by atoms with van der Waals surface area (Å²) in [7, 11) is 1.62. The summed E-state index contributed by atoms with van der Waals surface area (Å²) < 4.78 is 4.94. The Morgan fingerprint density at radius 2 is 1.58 bits per heavy atom. The number of ether oxygens (including phenoxy) is 1. The third-order valence-electron chi connectivity index (χ3n) is 3.83. The second-order valence-corrected chi connectivity index (χ2v) is 5.95.